The van der Waals surface area contributed by atoms with E-state index in [4.69, 9.17) is 39.1 Å². The Morgan fingerprint density at radius 1 is 0.312 bits per heavy atom. The van der Waals surface area contributed by atoms with Crippen LogP contribution >= 0.6 is 0 Å². The van der Waals surface area contributed by atoms with E-state index in [1.54, 1.807) is 13.8 Å². The normalized spacial score (nSPS) is 14.2. The first-order valence-corrected chi connectivity index (χ1v) is 11.4. The molecule has 0 fully saturated rings. The highest BCUT2D eigenvalue weighted by Gasteiger charge is 2.32. The largest absolute Gasteiger partial charge is 0.231 e. The van der Waals surface area contributed by atoms with Crippen molar-refractivity contribution in [1.29, 1.82) is 0 Å². The maximum absolute atomic E-state index is 5.29. The van der Waals surface area contributed by atoms with Gasteiger partial charge in [-0.2, -0.15) is 19.6 Å². The van der Waals surface area contributed by atoms with Gasteiger partial charge in [0, 0.05) is 12.8 Å². The molecular formula is C24H52O8. The predicted octanol–water partition coefficient (Wildman–Crippen LogP) is 7.21. The molecule has 196 valence electrons. The third kappa shape index (κ3) is 21.5. The van der Waals surface area contributed by atoms with Crippen LogP contribution in [0.25, 0.3) is 0 Å². The highest BCUT2D eigenvalue weighted by molar-refractivity contribution is 4.62. The van der Waals surface area contributed by atoms with Crippen LogP contribution in [0.2, 0.25) is 0 Å². The molecule has 0 N–H and O–H groups in total. The summed E-state index contributed by atoms with van der Waals surface area (Å²) in [5.41, 5.74) is -1.49. The summed E-state index contributed by atoms with van der Waals surface area (Å²) >= 11 is 0. The molecule has 0 saturated carbocycles. The smallest absolute Gasteiger partial charge is 0.228 e. The molecule has 0 aliphatic heterocycles. The van der Waals surface area contributed by atoms with Crippen LogP contribution < -0.4 is 0 Å². The fraction of sp³-hybridized carbons (Fsp3) is 1.00. The van der Waals surface area contributed by atoms with Crippen LogP contribution in [0.3, 0.4) is 0 Å². The van der Waals surface area contributed by atoms with Gasteiger partial charge >= 0.3 is 0 Å². The monoisotopic (exact) mass is 468 g/mol. The maximum Gasteiger partial charge on any atom is 0.231 e. The van der Waals surface area contributed by atoms with Gasteiger partial charge < -0.3 is 0 Å². The summed E-state index contributed by atoms with van der Waals surface area (Å²) in [6, 6.07) is 0. The van der Waals surface area contributed by atoms with Gasteiger partial charge in [-0.3, -0.25) is 0 Å². The van der Waals surface area contributed by atoms with E-state index in [0.717, 1.165) is 0 Å². The van der Waals surface area contributed by atoms with Gasteiger partial charge in [-0.05, 0) is 96.9 Å². The Labute approximate surface area is 197 Å². The van der Waals surface area contributed by atoms with E-state index in [0.29, 0.717) is 12.8 Å². The summed E-state index contributed by atoms with van der Waals surface area (Å²) in [6.45, 7) is 30.4. The average molecular weight is 469 g/mol. The van der Waals surface area contributed by atoms with Gasteiger partial charge in [-0.1, -0.05) is 13.8 Å². The SMILES string of the molecule is CCC(C)(OOC(C)(C)C)OOC(C)(C)C.CCC(C)(OOC(C)(C)C)OOC(C)(C)C. The fourth-order valence-electron chi connectivity index (χ4n) is 1.12. The van der Waals surface area contributed by atoms with Crippen molar-refractivity contribution in [2.75, 3.05) is 0 Å². The van der Waals surface area contributed by atoms with Crippen LogP contribution in [0.4, 0.5) is 0 Å². The van der Waals surface area contributed by atoms with Crippen LogP contribution in [-0.4, -0.2) is 34.0 Å². The van der Waals surface area contributed by atoms with Gasteiger partial charge in [-0.15, -0.1) is 0 Å². The third-order valence-corrected chi connectivity index (χ3v) is 3.16. The van der Waals surface area contributed by atoms with Crippen LogP contribution in [0.15, 0.2) is 0 Å². The van der Waals surface area contributed by atoms with Crippen molar-refractivity contribution < 1.29 is 39.1 Å². The standard InChI is InChI=1S/2C12H26O4/c2*1-9-12(8,15-13-10(2,3)4)16-14-11(5,6)7/h2*9H2,1-8H3. The van der Waals surface area contributed by atoms with Crippen LogP contribution in [0.5, 0.6) is 0 Å². The Morgan fingerprint density at radius 2 is 0.469 bits per heavy atom. The molecule has 0 atom stereocenters. The minimum absolute atomic E-state index is 0.373. The molecule has 0 aromatic carbocycles. The van der Waals surface area contributed by atoms with Gasteiger partial charge in [0.05, 0.1) is 22.4 Å². The van der Waals surface area contributed by atoms with Crippen LogP contribution in [0, 0.1) is 0 Å². The molecule has 0 spiro atoms. The molecule has 0 aliphatic rings. The second-order valence-corrected chi connectivity index (χ2v) is 12.1. The second-order valence-electron chi connectivity index (χ2n) is 12.1. The van der Waals surface area contributed by atoms with Gasteiger partial charge in [0.2, 0.25) is 11.6 Å². The number of rotatable bonds is 10. The molecule has 0 aromatic rings. The molecule has 32 heavy (non-hydrogen) atoms. The molecule has 0 rings (SSSR count). The summed E-state index contributed by atoms with van der Waals surface area (Å²) in [5.74, 6) is -1.78. The van der Waals surface area contributed by atoms with Crippen molar-refractivity contribution >= 4 is 0 Å². The molecule has 8 heteroatoms. The van der Waals surface area contributed by atoms with Gasteiger partial charge in [0.15, 0.2) is 0 Å². The quantitative estimate of drug-likeness (QED) is 0.189. The van der Waals surface area contributed by atoms with Gasteiger partial charge in [-0.25, -0.2) is 19.6 Å². The zero-order valence-electron chi connectivity index (χ0n) is 23.7. The summed E-state index contributed by atoms with van der Waals surface area (Å²) in [6.07, 6.45) is 1.25. The first-order chi connectivity index (χ1) is 13.9. The molecule has 0 aromatic heterocycles. The average Bonchev–Trinajstić information content (AvgIpc) is 2.60. The van der Waals surface area contributed by atoms with E-state index < -0.39 is 11.6 Å². The summed E-state index contributed by atoms with van der Waals surface area (Å²) in [7, 11) is 0. The van der Waals surface area contributed by atoms with Crippen molar-refractivity contribution in [2.45, 2.75) is 158 Å². The molecule has 0 unspecified atom stereocenters. The van der Waals surface area contributed by atoms with E-state index in [1.165, 1.54) is 0 Å². The molecule has 0 heterocycles. The lowest BCUT2D eigenvalue weighted by Crippen LogP contribution is -2.38. The number of hydrogen-bond acceptors (Lipinski definition) is 8. The van der Waals surface area contributed by atoms with Crippen LogP contribution in [0.1, 0.15) is 124 Å². The van der Waals surface area contributed by atoms with Crippen molar-refractivity contribution in [2.24, 2.45) is 0 Å². The van der Waals surface area contributed by atoms with E-state index >= 15 is 0 Å². The van der Waals surface area contributed by atoms with Crippen molar-refractivity contribution in [3.63, 3.8) is 0 Å². The fourth-order valence-corrected chi connectivity index (χ4v) is 1.12. The first-order valence-electron chi connectivity index (χ1n) is 11.4. The molecule has 0 radical (unpaired) electrons. The van der Waals surface area contributed by atoms with Gasteiger partial charge in [0.1, 0.15) is 0 Å². The third-order valence-electron chi connectivity index (χ3n) is 3.16. The lowest BCUT2D eigenvalue weighted by molar-refractivity contribution is -0.536. The van der Waals surface area contributed by atoms with Crippen LogP contribution in [-0.2, 0) is 39.1 Å². The molecule has 8 nitrogen and oxygen atoms in total. The summed E-state index contributed by atoms with van der Waals surface area (Å²) in [4.78, 5) is 42.1. The van der Waals surface area contributed by atoms with E-state index in [2.05, 4.69) is 0 Å². The Bertz CT molecular complexity index is 410. The Morgan fingerprint density at radius 3 is 0.562 bits per heavy atom. The predicted molar refractivity (Wildman–Crippen MR) is 125 cm³/mol. The molecule has 0 aliphatic carbocycles. The lowest BCUT2D eigenvalue weighted by atomic mass is 10.2. The Balaban J connectivity index is 0. The van der Waals surface area contributed by atoms with E-state index in [9.17, 15) is 0 Å². The minimum Gasteiger partial charge on any atom is -0.228 e. The zero-order valence-corrected chi connectivity index (χ0v) is 23.7. The highest BCUT2D eigenvalue weighted by atomic mass is 17.3. The Hall–Kier alpha value is -0.320. The zero-order chi connectivity index (χ0) is 26.1. The molecule has 0 amide bonds. The minimum atomic E-state index is -0.888. The topological polar surface area (TPSA) is 73.8 Å². The van der Waals surface area contributed by atoms with E-state index in [1.807, 2.05) is 96.9 Å². The molecule has 0 bridgehead atoms. The molecular weight excluding hydrogens is 416 g/mol. The lowest BCUT2D eigenvalue weighted by Gasteiger charge is -2.31. The van der Waals surface area contributed by atoms with Crippen molar-refractivity contribution in [1.82, 2.24) is 0 Å². The maximum atomic E-state index is 5.29. The van der Waals surface area contributed by atoms with Gasteiger partial charge in [0.25, 0.3) is 0 Å². The summed E-state index contributed by atoms with van der Waals surface area (Å²) < 4.78 is 0. The molecule has 0 saturated heterocycles. The van der Waals surface area contributed by atoms with Crippen molar-refractivity contribution in [3.05, 3.63) is 0 Å². The second kappa shape index (κ2) is 13.0. The summed E-state index contributed by atoms with van der Waals surface area (Å²) in [5, 5.41) is 0. The van der Waals surface area contributed by atoms with E-state index in [-0.39, 0.29) is 22.4 Å². The Kier molecular flexibility index (Phi) is 13.7. The first kappa shape index (κ1) is 33.9. The number of hydrogen-bond donors (Lipinski definition) is 0. The van der Waals surface area contributed by atoms with Crippen molar-refractivity contribution in [3.8, 4) is 0 Å². The highest BCUT2D eigenvalue weighted by Crippen LogP contribution is 2.25.